The Morgan fingerprint density at radius 2 is 1.75 bits per heavy atom. The average Bonchev–Trinajstić information content (AvgIpc) is 2.87. The second-order valence-corrected chi connectivity index (χ2v) is 6.86. The van der Waals surface area contributed by atoms with Gasteiger partial charge in [-0.25, -0.2) is 0 Å². The number of carbonyl (C=O) groups excluding carboxylic acids is 1. The van der Waals surface area contributed by atoms with E-state index in [1.165, 1.54) is 6.42 Å². The Hall–Kier alpha value is -1.26. The summed E-state index contributed by atoms with van der Waals surface area (Å²) in [5.74, 6) is 1.32. The Labute approximate surface area is 121 Å². The first-order chi connectivity index (χ1) is 9.48. The van der Waals surface area contributed by atoms with Gasteiger partial charge in [0.25, 0.3) is 0 Å². The Kier molecular flexibility index (Phi) is 4.55. The fraction of sp³-hybridized carbons (Fsp3) is 0.867. The van der Waals surface area contributed by atoms with E-state index in [1.807, 2.05) is 0 Å². The summed E-state index contributed by atoms with van der Waals surface area (Å²) in [6, 6.07) is 0.227. The smallest absolute Gasteiger partial charge is 0.234 e. The zero-order valence-electron chi connectivity index (χ0n) is 12.6. The molecule has 2 fully saturated rings. The van der Waals surface area contributed by atoms with E-state index >= 15 is 0 Å². The van der Waals surface area contributed by atoms with E-state index in [2.05, 4.69) is 24.3 Å². The molecule has 0 bridgehead atoms. The maximum absolute atomic E-state index is 12.7. The molecule has 2 aliphatic carbocycles. The summed E-state index contributed by atoms with van der Waals surface area (Å²) in [6.45, 7) is 4.48. The Morgan fingerprint density at radius 3 is 2.25 bits per heavy atom. The van der Waals surface area contributed by atoms with Crippen molar-refractivity contribution in [2.45, 2.75) is 64.8 Å². The molecule has 5 nitrogen and oxygen atoms in total. The van der Waals surface area contributed by atoms with Crippen LogP contribution >= 0.6 is 0 Å². The van der Waals surface area contributed by atoms with E-state index in [9.17, 15) is 4.79 Å². The molecule has 0 spiro atoms. The third kappa shape index (κ3) is 2.91. The van der Waals surface area contributed by atoms with Crippen LogP contribution in [0.15, 0.2) is 5.16 Å². The topological polar surface area (TPSA) is 87.7 Å². The van der Waals surface area contributed by atoms with Crippen molar-refractivity contribution in [3.8, 4) is 0 Å². The molecule has 0 radical (unpaired) electrons. The maximum Gasteiger partial charge on any atom is 0.234 e. The third-order valence-electron chi connectivity index (χ3n) is 5.00. The quantitative estimate of drug-likeness (QED) is 0.321. The minimum absolute atomic E-state index is 0.0448. The van der Waals surface area contributed by atoms with Gasteiger partial charge in [-0.2, -0.15) is 0 Å². The molecule has 5 heteroatoms. The molecule has 2 unspecified atom stereocenters. The molecule has 0 aliphatic heterocycles. The van der Waals surface area contributed by atoms with Crippen molar-refractivity contribution in [2.75, 3.05) is 0 Å². The van der Waals surface area contributed by atoms with Gasteiger partial charge in [0.1, 0.15) is 5.41 Å². The van der Waals surface area contributed by atoms with Crippen LogP contribution in [0, 0.1) is 17.3 Å². The number of amides is 1. The molecule has 0 aromatic carbocycles. The van der Waals surface area contributed by atoms with Gasteiger partial charge < -0.3 is 16.3 Å². The first kappa shape index (κ1) is 15.1. The van der Waals surface area contributed by atoms with E-state index < -0.39 is 5.41 Å². The fourth-order valence-corrected chi connectivity index (χ4v) is 4.06. The number of nitrogens with one attached hydrogen (secondary N) is 1. The van der Waals surface area contributed by atoms with Gasteiger partial charge in [-0.15, -0.1) is 0 Å². The van der Waals surface area contributed by atoms with E-state index in [0.717, 1.165) is 25.7 Å². The Morgan fingerprint density at radius 1 is 1.20 bits per heavy atom. The zero-order valence-corrected chi connectivity index (χ0v) is 12.6. The zero-order chi connectivity index (χ0) is 14.8. The van der Waals surface area contributed by atoms with Gasteiger partial charge in [-0.1, -0.05) is 31.8 Å². The summed E-state index contributed by atoms with van der Waals surface area (Å²) >= 11 is 0. The minimum Gasteiger partial charge on any atom is -0.409 e. The molecule has 20 heavy (non-hydrogen) atoms. The van der Waals surface area contributed by atoms with Crippen molar-refractivity contribution in [2.24, 2.45) is 28.1 Å². The lowest BCUT2D eigenvalue weighted by Crippen LogP contribution is -2.52. The number of rotatable bonds is 3. The highest BCUT2D eigenvalue weighted by molar-refractivity contribution is 6.07. The van der Waals surface area contributed by atoms with Crippen molar-refractivity contribution >= 4 is 11.7 Å². The summed E-state index contributed by atoms with van der Waals surface area (Å²) in [5.41, 5.74) is 5.03. The Bertz CT molecular complexity index is 379. The van der Waals surface area contributed by atoms with Crippen molar-refractivity contribution in [3.63, 3.8) is 0 Å². The van der Waals surface area contributed by atoms with Crippen LogP contribution in [-0.2, 0) is 4.79 Å². The molecule has 2 atom stereocenters. The number of hydrogen-bond donors (Lipinski definition) is 3. The standard InChI is InChI=1S/C15H27N3O2/c1-10-7-11(2)9-12(8-10)17-14(19)15(13(16)18-20)5-3-4-6-15/h10-12,20H,3-9H2,1-2H3,(H2,16,18)(H,17,19). The number of oxime groups is 1. The van der Waals surface area contributed by atoms with Crippen LogP contribution in [0.2, 0.25) is 0 Å². The van der Waals surface area contributed by atoms with E-state index in [1.54, 1.807) is 0 Å². The minimum atomic E-state index is -0.779. The molecular formula is C15H27N3O2. The molecule has 2 rings (SSSR count). The van der Waals surface area contributed by atoms with Crippen LogP contribution in [0.5, 0.6) is 0 Å². The molecule has 4 N–H and O–H groups in total. The largest absolute Gasteiger partial charge is 0.409 e. The van der Waals surface area contributed by atoms with Crippen LogP contribution in [0.4, 0.5) is 0 Å². The summed E-state index contributed by atoms with van der Waals surface area (Å²) in [5, 5.41) is 15.3. The highest BCUT2D eigenvalue weighted by atomic mass is 16.4. The highest BCUT2D eigenvalue weighted by Gasteiger charge is 2.46. The molecular weight excluding hydrogens is 254 g/mol. The molecule has 0 aromatic heterocycles. The molecule has 0 saturated heterocycles. The predicted octanol–water partition coefficient (Wildman–Crippen LogP) is 2.23. The second kappa shape index (κ2) is 6.02. The van der Waals surface area contributed by atoms with Crippen LogP contribution in [0.1, 0.15) is 58.8 Å². The predicted molar refractivity (Wildman–Crippen MR) is 78.4 cm³/mol. The summed E-state index contributed by atoms with van der Waals surface area (Å²) < 4.78 is 0. The number of hydrogen-bond acceptors (Lipinski definition) is 3. The molecule has 2 aliphatic rings. The van der Waals surface area contributed by atoms with Crippen LogP contribution in [0.25, 0.3) is 0 Å². The van der Waals surface area contributed by atoms with E-state index in [0.29, 0.717) is 24.7 Å². The molecule has 0 heterocycles. The van der Waals surface area contributed by atoms with Gasteiger partial charge in [-0.3, -0.25) is 4.79 Å². The fourth-order valence-electron chi connectivity index (χ4n) is 4.06. The van der Waals surface area contributed by atoms with Crippen LogP contribution in [-0.4, -0.2) is 23.0 Å². The van der Waals surface area contributed by atoms with Gasteiger partial charge in [0.2, 0.25) is 5.91 Å². The number of amidine groups is 1. The molecule has 114 valence electrons. The van der Waals surface area contributed by atoms with E-state index in [-0.39, 0.29) is 17.8 Å². The average molecular weight is 281 g/mol. The van der Waals surface area contributed by atoms with Crippen LogP contribution in [0.3, 0.4) is 0 Å². The summed E-state index contributed by atoms with van der Waals surface area (Å²) in [7, 11) is 0. The first-order valence-corrected chi connectivity index (χ1v) is 7.77. The summed E-state index contributed by atoms with van der Waals surface area (Å²) in [4.78, 5) is 12.7. The molecule has 2 saturated carbocycles. The SMILES string of the molecule is CC1CC(C)CC(NC(=O)C2(C(N)=NO)CCCC2)C1. The maximum atomic E-state index is 12.7. The lowest BCUT2D eigenvalue weighted by molar-refractivity contribution is -0.128. The van der Waals surface area contributed by atoms with Crippen molar-refractivity contribution in [1.82, 2.24) is 5.32 Å². The van der Waals surface area contributed by atoms with Gasteiger partial charge in [0.15, 0.2) is 5.84 Å². The normalized spacial score (nSPS) is 33.9. The first-order valence-electron chi connectivity index (χ1n) is 7.77. The summed E-state index contributed by atoms with van der Waals surface area (Å²) in [6.07, 6.45) is 6.59. The molecule has 0 aromatic rings. The molecule has 1 amide bonds. The monoisotopic (exact) mass is 281 g/mol. The number of nitrogens with two attached hydrogens (primary N) is 1. The van der Waals surface area contributed by atoms with Crippen molar-refractivity contribution < 1.29 is 10.0 Å². The lowest BCUT2D eigenvalue weighted by Gasteiger charge is -2.35. The Balaban J connectivity index is 2.06. The van der Waals surface area contributed by atoms with Crippen molar-refractivity contribution in [1.29, 1.82) is 0 Å². The number of nitrogens with zero attached hydrogens (tertiary/aromatic N) is 1. The van der Waals surface area contributed by atoms with Gasteiger partial charge >= 0.3 is 0 Å². The second-order valence-electron chi connectivity index (χ2n) is 6.86. The van der Waals surface area contributed by atoms with Crippen LogP contribution < -0.4 is 11.1 Å². The van der Waals surface area contributed by atoms with E-state index in [4.69, 9.17) is 10.9 Å². The third-order valence-corrected chi connectivity index (χ3v) is 5.00. The van der Waals surface area contributed by atoms with Crippen molar-refractivity contribution in [3.05, 3.63) is 0 Å². The van der Waals surface area contributed by atoms with Gasteiger partial charge in [0.05, 0.1) is 0 Å². The van der Waals surface area contributed by atoms with Gasteiger partial charge in [-0.05, 0) is 43.9 Å². The lowest BCUT2D eigenvalue weighted by atomic mass is 9.79. The van der Waals surface area contributed by atoms with Gasteiger partial charge in [0, 0.05) is 6.04 Å². The number of carbonyl (C=O) groups is 1. The highest BCUT2D eigenvalue weighted by Crippen LogP contribution is 2.39.